The molecule has 3 rings (SSSR count). The van der Waals surface area contributed by atoms with Gasteiger partial charge in [-0.1, -0.05) is 48.5 Å². The first-order valence-electron chi connectivity index (χ1n) is 7.83. The molecule has 2 N–H and O–H groups in total. The lowest BCUT2D eigenvalue weighted by molar-refractivity contribution is -0.138. The fourth-order valence-electron chi connectivity index (χ4n) is 2.98. The number of ketones is 1. The van der Waals surface area contributed by atoms with Gasteiger partial charge in [0.2, 0.25) is 0 Å². The Balaban J connectivity index is 2.15. The number of allylic oxidation sites excluding steroid dienone is 1. The smallest absolute Gasteiger partial charge is 0.327 e. The van der Waals surface area contributed by atoms with E-state index in [1.54, 1.807) is 30.3 Å². The molecule has 2 aromatic rings. The molecule has 0 aromatic heterocycles. The third kappa shape index (κ3) is 3.33. The fourth-order valence-corrected chi connectivity index (χ4v) is 2.98. The number of carbonyl (C=O) groups excluding carboxylic acids is 2. The monoisotopic (exact) mass is 360 g/mol. The summed E-state index contributed by atoms with van der Waals surface area (Å²) in [6.45, 7) is 1.50. The van der Waals surface area contributed by atoms with Crippen molar-refractivity contribution in [2.45, 2.75) is 19.1 Å². The summed E-state index contributed by atoms with van der Waals surface area (Å²) in [6.07, 6.45) is -4.61. The third-order valence-electron chi connectivity index (χ3n) is 4.13. The van der Waals surface area contributed by atoms with Crippen LogP contribution in [0.25, 0.3) is 0 Å². The zero-order chi connectivity index (χ0) is 18.9. The van der Waals surface area contributed by atoms with Crippen molar-refractivity contribution in [2.75, 3.05) is 0 Å². The minimum atomic E-state index is -4.61. The van der Waals surface area contributed by atoms with Gasteiger partial charge in [-0.15, -0.1) is 0 Å². The zero-order valence-corrected chi connectivity index (χ0v) is 13.7. The summed E-state index contributed by atoms with van der Waals surface area (Å²) < 4.78 is 40.3. The molecule has 4 nitrogen and oxygen atoms in total. The van der Waals surface area contributed by atoms with Crippen LogP contribution in [0, 0.1) is 0 Å². The number of alkyl halides is 3. The minimum absolute atomic E-state index is 0.0764. The summed E-state index contributed by atoms with van der Waals surface area (Å²) in [5.41, 5.74) is -0.432. The molecule has 2 amide bonds. The second-order valence-corrected chi connectivity index (χ2v) is 5.85. The molecule has 0 fully saturated rings. The highest BCUT2D eigenvalue weighted by molar-refractivity contribution is 6.11. The average molecular weight is 360 g/mol. The normalized spacial score (nSPS) is 17.5. The molecule has 134 valence electrons. The Morgan fingerprint density at radius 1 is 1.00 bits per heavy atom. The summed E-state index contributed by atoms with van der Waals surface area (Å²) in [5.74, 6) is -0.447. The summed E-state index contributed by atoms with van der Waals surface area (Å²) in [5, 5.41) is 4.91. The molecule has 0 spiro atoms. The van der Waals surface area contributed by atoms with Gasteiger partial charge in [0.1, 0.15) is 0 Å². The molecule has 0 saturated heterocycles. The first kappa shape index (κ1) is 17.7. The highest BCUT2D eigenvalue weighted by Crippen LogP contribution is 2.38. The molecular weight excluding hydrogens is 345 g/mol. The summed E-state index contributed by atoms with van der Waals surface area (Å²) in [6, 6.07) is 11.3. The van der Waals surface area contributed by atoms with E-state index >= 15 is 0 Å². The molecule has 0 bridgehead atoms. The van der Waals surface area contributed by atoms with Gasteiger partial charge in [0.15, 0.2) is 5.78 Å². The number of amides is 2. The van der Waals surface area contributed by atoms with Crippen LogP contribution in [0.5, 0.6) is 0 Å². The van der Waals surface area contributed by atoms with Crippen molar-refractivity contribution in [3.05, 3.63) is 82.6 Å². The molecule has 0 unspecified atom stereocenters. The van der Waals surface area contributed by atoms with Crippen molar-refractivity contribution < 1.29 is 22.8 Å². The first-order valence-corrected chi connectivity index (χ1v) is 7.83. The number of benzene rings is 2. The Hall–Kier alpha value is -3.09. The van der Waals surface area contributed by atoms with E-state index in [0.29, 0.717) is 5.56 Å². The number of carbonyl (C=O) groups is 2. The maximum atomic E-state index is 13.4. The van der Waals surface area contributed by atoms with Crippen LogP contribution in [0.15, 0.2) is 65.9 Å². The molecule has 7 heteroatoms. The predicted octanol–water partition coefficient (Wildman–Crippen LogP) is 4.22. The van der Waals surface area contributed by atoms with Crippen molar-refractivity contribution in [1.82, 2.24) is 10.6 Å². The van der Waals surface area contributed by atoms with Crippen LogP contribution < -0.4 is 10.6 Å². The Morgan fingerprint density at radius 2 is 1.62 bits per heavy atom. The molecule has 1 atom stereocenters. The topological polar surface area (TPSA) is 58.2 Å². The number of Topliss-reactive ketones (excluding diaryl/α,β-unsaturated/α-hetero) is 1. The van der Waals surface area contributed by atoms with Crippen molar-refractivity contribution in [3.8, 4) is 0 Å². The summed E-state index contributed by atoms with van der Waals surface area (Å²) >= 11 is 0. The zero-order valence-electron chi connectivity index (χ0n) is 13.7. The number of halogens is 3. The van der Waals surface area contributed by atoms with E-state index in [1.807, 2.05) is 0 Å². The standard InChI is InChI=1S/C19H15F3N2O2/c1-11-15(17(25)12-7-3-2-4-8-12)16(24-18(26)23-11)13-9-5-6-10-14(13)19(20,21)22/h2-10,16H,1H3,(H2,23,24,26)/t16-/m0/s1. The van der Waals surface area contributed by atoms with Gasteiger partial charge in [-0.25, -0.2) is 4.79 Å². The van der Waals surface area contributed by atoms with Crippen LogP contribution in [0.3, 0.4) is 0 Å². The average Bonchev–Trinajstić information content (AvgIpc) is 2.60. The lowest BCUT2D eigenvalue weighted by Crippen LogP contribution is -2.45. The molecule has 26 heavy (non-hydrogen) atoms. The molecule has 2 aromatic carbocycles. The van der Waals surface area contributed by atoms with E-state index in [4.69, 9.17) is 0 Å². The Labute approximate surface area is 147 Å². The van der Waals surface area contributed by atoms with Crippen LogP contribution >= 0.6 is 0 Å². The molecule has 1 aliphatic heterocycles. The van der Waals surface area contributed by atoms with E-state index in [9.17, 15) is 22.8 Å². The molecule has 0 radical (unpaired) electrons. The van der Waals surface area contributed by atoms with Gasteiger partial charge < -0.3 is 10.6 Å². The maximum Gasteiger partial charge on any atom is 0.416 e. The van der Waals surface area contributed by atoms with E-state index in [-0.39, 0.29) is 16.8 Å². The molecule has 1 aliphatic rings. The van der Waals surface area contributed by atoms with Gasteiger partial charge in [0.25, 0.3) is 0 Å². The molecular formula is C19H15F3N2O2. The van der Waals surface area contributed by atoms with Crippen molar-refractivity contribution in [1.29, 1.82) is 0 Å². The van der Waals surface area contributed by atoms with E-state index in [0.717, 1.165) is 6.07 Å². The lowest BCUT2D eigenvalue weighted by Gasteiger charge is -2.30. The summed E-state index contributed by atoms with van der Waals surface area (Å²) in [4.78, 5) is 24.8. The van der Waals surface area contributed by atoms with Gasteiger partial charge in [0.05, 0.1) is 11.6 Å². The SMILES string of the molecule is CC1=C(C(=O)c2ccccc2)[C@H](c2ccccc2C(F)(F)F)NC(=O)N1. The minimum Gasteiger partial charge on any atom is -0.327 e. The molecule has 1 heterocycles. The number of rotatable bonds is 3. The second kappa shape index (κ2) is 6.67. The summed E-state index contributed by atoms with van der Waals surface area (Å²) in [7, 11) is 0. The van der Waals surface area contributed by atoms with Crippen molar-refractivity contribution in [3.63, 3.8) is 0 Å². The molecule has 0 aliphatic carbocycles. The van der Waals surface area contributed by atoms with Gasteiger partial charge in [-0.3, -0.25) is 4.79 Å². The quantitative estimate of drug-likeness (QED) is 0.806. The highest BCUT2D eigenvalue weighted by Gasteiger charge is 2.39. The van der Waals surface area contributed by atoms with Crippen LogP contribution in [0.2, 0.25) is 0 Å². The van der Waals surface area contributed by atoms with Crippen LogP contribution in [-0.2, 0) is 6.18 Å². The molecule has 0 saturated carbocycles. The Bertz CT molecular complexity index is 889. The number of urea groups is 1. The number of hydrogen-bond donors (Lipinski definition) is 2. The van der Waals surface area contributed by atoms with E-state index in [2.05, 4.69) is 10.6 Å². The fraction of sp³-hybridized carbons (Fsp3) is 0.158. The Morgan fingerprint density at radius 3 is 2.27 bits per heavy atom. The van der Waals surface area contributed by atoms with Gasteiger partial charge >= 0.3 is 12.2 Å². The number of hydrogen-bond acceptors (Lipinski definition) is 2. The van der Waals surface area contributed by atoms with Crippen LogP contribution in [0.4, 0.5) is 18.0 Å². The second-order valence-electron chi connectivity index (χ2n) is 5.85. The lowest BCUT2D eigenvalue weighted by atomic mass is 9.87. The van der Waals surface area contributed by atoms with E-state index in [1.165, 1.54) is 25.1 Å². The van der Waals surface area contributed by atoms with E-state index < -0.39 is 29.6 Å². The number of nitrogens with one attached hydrogen (secondary N) is 2. The first-order chi connectivity index (χ1) is 12.3. The Kier molecular flexibility index (Phi) is 4.54. The van der Waals surface area contributed by atoms with Gasteiger partial charge in [0, 0.05) is 16.8 Å². The van der Waals surface area contributed by atoms with Crippen LogP contribution in [-0.4, -0.2) is 11.8 Å². The van der Waals surface area contributed by atoms with Crippen molar-refractivity contribution in [2.24, 2.45) is 0 Å². The maximum absolute atomic E-state index is 13.4. The van der Waals surface area contributed by atoms with Gasteiger partial charge in [-0.05, 0) is 18.6 Å². The predicted molar refractivity (Wildman–Crippen MR) is 89.3 cm³/mol. The third-order valence-corrected chi connectivity index (χ3v) is 4.13. The van der Waals surface area contributed by atoms with Crippen molar-refractivity contribution >= 4 is 11.8 Å². The van der Waals surface area contributed by atoms with Crippen LogP contribution in [0.1, 0.15) is 34.5 Å². The largest absolute Gasteiger partial charge is 0.416 e. The highest BCUT2D eigenvalue weighted by atomic mass is 19.4. The van der Waals surface area contributed by atoms with Gasteiger partial charge in [-0.2, -0.15) is 13.2 Å².